The molecule has 0 atom stereocenters. The van der Waals surface area contributed by atoms with Crippen molar-refractivity contribution in [1.82, 2.24) is 14.9 Å². The van der Waals surface area contributed by atoms with Crippen molar-refractivity contribution in [3.8, 4) is 11.5 Å². The summed E-state index contributed by atoms with van der Waals surface area (Å²) in [7, 11) is 1.63. The molecule has 0 fully saturated rings. The van der Waals surface area contributed by atoms with Crippen LogP contribution in [0.15, 0.2) is 35.7 Å². The zero-order valence-electron chi connectivity index (χ0n) is 11.5. The standard InChI is InChI=1S/C14H15N3O3S/c1-15-13(18)8-21-14-16-4-5-17(14)7-10-2-3-11-12(6-10)20-9-19-11/h2-6H,7-9H2,1H3,(H,15,18). The predicted octanol–water partition coefficient (Wildman–Crippen LogP) is 1.50. The van der Waals surface area contributed by atoms with Crippen LogP contribution in [0.4, 0.5) is 0 Å². The molecule has 1 amide bonds. The molecule has 1 aliphatic heterocycles. The number of carbonyl (C=O) groups excluding carboxylic acids is 1. The highest BCUT2D eigenvalue weighted by atomic mass is 32.2. The van der Waals surface area contributed by atoms with E-state index in [4.69, 9.17) is 9.47 Å². The highest BCUT2D eigenvalue weighted by Crippen LogP contribution is 2.32. The Balaban J connectivity index is 1.70. The van der Waals surface area contributed by atoms with Crippen LogP contribution in [0.2, 0.25) is 0 Å². The smallest absolute Gasteiger partial charge is 0.231 e. The fourth-order valence-corrected chi connectivity index (χ4v) is 2.83. The minimum Gasteiger partial charge on any atom is -0.454 e. The average Bonchev–Trinajstić information content (AvgIpc) is 3.13. The molecular weight excluding hydrogens is 290 g/mol. The number of hydrogen-bond donors (Lipinski definition) is 1. The Morgan fingerprint density at radius 3 is 3.14 bits per heavy atom. The molecule has 0 spiro atoms. The highest BCUT2D eigenvalue weighted by molar-refractivity contribution is 7.99. The van der Waals surface area contributed by atoms with Crippen LogP contribution in [0, 0.1) is 0 Å². The number of hydrogen-bond acceptors (Lipinski definition) is 5. The minimum atomic E-state index is -0.0161. The van der Waals surface area contributed by atoms with E-state index in [0.717, 1.165) is 22.2 Å². The molecule has 1 aromatic heterocycles. The quantitative estimate of drug-likeness (QED) is 0.848. The van der Waals surface area contributed by atoms with Crippen molar-refractivity contribution in [3.05, 3.63) is 36.2 Å². The minimum absolute atomic E-state index is 0.0161. The Morgan fingerprint density at radius 2 is 2.29 bits per heavy atom. The second kappa shape index (κ2) is 6.09. The third-order valence-corrected chi connectivity index (χ3v) is 4.08. The van der Waals surface area contributed by atoms with Gasteiger partial charge < -0.3 is 19.4 Å². The molecule has 3 rings (SSSR count). The lowest BCUT2D eigenvalue weighted by molar-refractivity contribution is -0.118. The van der Waals surface area contributed by atoms with Gasteiger partial charge in [-0.15, -0.1) is 0 Å². The van der Waals surface area contributed by atoms with Gasteiger partial charge in [0.05, 0.1) is 5.75 Å². The number of carbonyl (C=O) groups is 1. The Hall–Kier alpha value is -2.15. The van der Waals surface area contributed by atoms with Gasteiger partial charge in [0.2, 0.25) is 12.7 Å². The molecule has 110 valence electrons. The Morgan fingerprint density at radius 1 is 1.43 bits per heavy atom. The van der Waals surface area contributed by atoms with Gasteiger partial charge in [-0.2, -0.15) is 0 Å². The van der Waals surface area contributed by atoms with Gasteiger partial charge >= 0.3 is 0 Å². The lowest BCUT2D eigenvalue weighted by atomic mass is 10.2. The van der Waals surface area contributed by atoms with E-state index in [1.54, 1.807) is 13.2 Å². The number of fused-ring (bicyclic) bond motifs is 1. The van der Waals surface area contributed by atoms with Crippen molar-refractivity contribution in [2.45, 2.75) is 11.7 Å². The number of amides is 1. The number of benzene rings is 1. The molecule has 0 saturated carbocycles. The van der Waals surface area contributed by atoms with Crippen LogP contribution in [-0.4, -0.2) is 35.1 Å². The first kappa shape index (κ1) is 13.8. The lowest BCUT2D eigenvalue weighted by Gasteiger charge is -2.08. The molecule has 21 heavy (non-hydrogen) atoms. The number of thioether (sulfide) groups is 1. The predicted molar refractivity (Wildman–Crippen MR) is 78.7 cm³/mol. The van der Waals surface area contributed by atoms with Gasteiger partial charge in [0.1, 0.15) is 0 Å². The van der Waals surface area contributed by atoms with E-state index in [-0.39, 0.29) is 12.7 Å². The van der Waals surface area contributed by atoms with E-state index in [9.17, 15) is 4.79 Å². The molecule has 1 N–H and O–H groups in total. The summed E-state index contributed by atoms with van der Waals surface area (Å²) in [5.74, 6) is 1.89. The number of nitrogens with one attached hydrogen (secondary N) is 1. The molecule has 0 unspecified atom stereocenters. The molecule has 1 aromatic carbocycles. The molecule has 1 aliphatic rings. The normalized spacial score (nSPS) is 12.4. The molecule has 0 saturated heterocycles. The Labute approximate surface area is 126 Å². The van der Waals surface area contributed by atoms with E-state index in [1.807, 2.05) is 29.0 Å². The molecular formula is C14H15N3O3S. The summed E-state index contributed by atoms with van der Waals surface area (Å²) < 4.78 is 12.7. The van der Waals surface area contributed by atoms with E-state index in [0.29, 0.717) is 12.3 Å². The number of rotatable bonds is 5. The lowest BCUT2D eigenvalue weighted by Crippen LogP contribution is -2.20. The topological polar surface area (TPSA) is 65.4 Å². The van der Waals surface area contributed by atoms with Crippen molar-refractivity contribution < 1.29 is 14.3 Å². The zero-order valence-corrected chi connectivity index (χ0v) is 12.4. The van der Waals surface area contributed by atoms with E-state index < -0.39 is 0 Å². The van der Waals surface area contributed by atoms with Crippen LogP contribution in [0.3, 0.4) is 0 Å². The summed E-state index contributed by atoms with van der Waals surface area (Å²) in [6.07, 6.45) is 3.63. The van der Waals surface area contributed by atoms with Gasteiger partial charge in [-0.3, -0.25) is 4.79 Å². The molecule has 0 bridgehead atoms. The maximum absolute atomic E-state index is 11.3. The summed E-state index contributed by atoms with van der Waals surface area (Å²) in [4.78, 5) is 15.6. The fraction of sp³-hybridized carbons (Fsp3) is 0.286. The van der Waals surface area contributed by atoms with Crippen LogP contribution >= 0.6 is 11.8 Å². The van der Waals surface area contributed by atoms with Gasteiger partial charge in [0, 0.05) is 26.0 Å². The largest absolute Gasteiger partial charge is 0.454 e. The summed E-state index contributed by atoms with van der Waals surface area (Å²) in [5.41, 5.74) is 1.10. The zero-order chi connectivity index (χ0) is 14.7. The number of imidazole rings is 1. The third-order valence-electron chi connectivity index (χ3n) is 3.08. The van der Waals surface area contributed by atoms with Gasteiger partial charge in [0.15, 0.2) is 16.7 Å². The molecule has 7 heteroatoms. The summed E-state index contributed by atoms with van der Waals surface area (Å²) >= 11 is 1.41. The van der Waals surface area contributed by atoms with Crippen LogP contribution in [0.25, 0.3) is 0 Å². The number of nitrogens with zero attached hydrogens (tertiary/aromatic N) is 2. The van der Waals surface area contributed by atoms with Crippen LogP contribution in [0.5, 0.6) is 11.5 Å². The van der Waals surface area contributed by atoms with Crippen LogP contribution < -0.4 is 14.8 Å². The van der Waals surface area contributed by atoms with E-state index in [1.165, 1.54) is 11.8 Å². The molecule has 2 heterocycles. The molecule has 2 aromatic rings. The van der Waals surface area contributed by atoms with Crippen LogP contribution in [-0.2, 0) is 11.3 Å². The number of aromatic nitrogens is 2. The average molecular weight is 305 g/mol. The molecule has 0 radical (unpaired) electrons. The van der Waals surface area contributed by atoms with Crippen molar-refractivity contribution in [2.24, 2.45) is 0 Å². The summed E-state index contributed by atoms with van der Waals surface area (Å²) in [5, 5.41) is 3.41. The second-order valence-electron chi connectivity index (χ2n) is 4.49. The van der Waals surface area contributed by atoms with Crippen molar-refractivity contribution >= 4 is 17.7 Å². The van der Waals surface area contributed by atoms with Gasteiger partial charge in [-0.1, -0.05) is 17.8 Å². The first-order valence-electron chi connectivity index (χ1n) is 6.49. The van der Waals surface area contributed by atoms with Gasteiger partial charge in [-0.25, -0.2) is 4.98 Å². The van der Waals surface area contributed by atoms with Crippen molar-refractivity contribution in [3.63, 3.8) is 0 Å². The van der Waals surface area contributed by atoms with Gasteiger partial charge in [-0.05, 0) is 17.7 Å². The van der Waals surface area contributed by atoms with E-state index in [2.05, 4.69) is 10.3 Å². The van der Waals surface area contributed by atoms with Gasteiger partial charge in [0.25, 0.3) is 0 Å². The van der Waals surface area contributed by atoms with Crippen LogP contribution in [0.1, 0.15) is 5.56 Å². The Kier molecular flexibility index (Phi) is 4.01. The molecule has 0 aliphatic carbocycles. The summed E-state index contributed by atoms with van der Waals surface area (Å²) in [6.45, 7) is 0.948. The Bertz CT molecular complexity index is 657. The van der Waals surface area contributed by atoms with Crippen molar-refractivity contribution in [1.29, 1.82) is 0 Å². The first-order chi connectivity index (χ1) is 10.3. The molecule has 6 nitrogen and oxygen atoms in total. The monoisotopic (exact) mass is 305 g/mol. The maximum Gasteiger partial charge on any atom is 0.231 e. The number of ether oxygens (including phenoxy) is 2. The summed E-state index contributed by atoms with van der Waals surface area (Å²) in [6, 6.07) is 5.88. The second-order valence-corrected chi connectivity index (χ2v) is 5.43. The fourth-order valence-electron chi connectivity index (χ4n) is 1.99. The van der Waals surface area contributed by atoms with Crippen molar-refractivity contribution in [2.75, 3.05) is 19.6 Å². The maximum atomic E-state index is 11.3. The third kappa shape index (κ3) is 3.13. The first-order valence-corrected chi connectivity index (χ1v) is 7.48. The SMILES string of the molecule is CNC(=O)CSc1nccn1Cc1ccc2c(c1)OCO2. The highest BCUT2D eigenvalue weighted by Gasteiger charge is 2.14. The van der Waals surface area contributed by atoms with E-state index >= 15 is 0 Å².